The highest BCUT2D eigenvalue weighted by Gasteiger charge is 2.35. The fraction of sp³-hybridized carbons (Fsp3) is 0.444. The fourth-order valence-corrected chi connectivity index (χ4v) is 4.55. The number of hydrogen-bond donors (Lipinski definition) is 0. The summed E-state index contributed by atoms with van der Waals surface area (Å²) < 4.78 is 43.7. The van der Waals surface area contributed by atoms with E-state index in [-0.39, 0.29) is 23.3 Å². The van der Waals surface area contributed by atoms with Gasteiger partial charge in [0.15, 0.2) is 5.82 Å². The van der Waals surface area contributed by atoms with E-state index in [4.69, 9.17) is 14.2 Å². The van der Waals surface area contributed by atoms with Crippen LogP contribution < -0.4 is 19.1 Å². The number of benzene rings is 1. The monoisotopic (exact) mass is 408 g/mol. The maximum atomic E-state index is 13.0. The number of aromatic nitrogens is 2. The molecule has 0 amide bonds. The molecule has 1 aromatic heterocycles. The Labute approximate surface area is 164 Å². The van der Waals surface area contributed by atoms with Gasteiger partial charge in [-0.2, -0.15) is 4.31 Å². The van der Waals surface area contributed by atoms with Gasteiger partial charge in [-0.05, 0) is 24.6 Å². The van der Waals surface area contributed by atoms with Gasteiger partial charge in [-0.1, -0.05) is 0 Å². The number of ether oxygens (including phenoxy) is 3. The molecule has 1 atom stereocenters. The predicted octanol–water partition coefficient (Wildman–Crippen LogP) is 1.40. The number of methoxy groups -OCH3 is 2. The van der Waals surface area contributed by atoms with Crippen molar-refractivity contribution in [3.05, 3.63) is 30.3 Å². The zero-order valence-electron chi connectivity index (χ0n) is 16.3. The summed E-state index contributed by atoms with van der Waals surface area (Å²) in [5.41, 5.74) is 0. The molecule has 0 aliphatic carbocycles. The summed E-state index contributed by atoms with van der Waals surface area (Å²) in [6, 6.07) is 8.17. The van der Waals surface area contributed by atoms with E-state index in [1.165, 1.54) is 24.6 Å². The highest BCUT2D eigenvalue weighted by atomic mass is 32.2. The first-order valence-corrected chi connectivity index (χ1v) is 10.2. The molecule has 1 aliphatic rings. The Hall–Kier alpha value is -2.59. The van der Waals surface area contributed by atoms with Crippen LogP contribution in [0.1, 0.15) is 6.42 Å². The lowest BCUT2D eigenvalue weighted by atomic mass is 10.3. The van der Waals surface area contributed by atoms with Crippen LogP contribution in [0, 0.1) is 0 Å². The predicted molar refractivity (Wildman–Crippen MR) is 104 cm³/mol. The van der Waals surface area contributed by atoms with Crippen LogP contribution in [-0.4, -0.2) is 70.4 Å². The van der Waals surface area contributed by atoms with Crippen LogP contribution in [0.25, 0.3) is 0 Å². The lowest BCUT2D eigenvalue weighted by Gasteiger charge is -2.19. The van der Waals surface area contributed by atoms with Crippen molar-refractivity contribution in [2.75, 3.05) is 46.3 Å². The molecule has 1 saturated heterocycles. The van der Waals surface area contributed by atoms with Gasteiger partial charge >= 0.3 is 0 Å². The summed E-state index contributed by atoms with van der Waals surface area (Å²) in [5, 5.41) is 8.10. The molecule has 2 aromatic rings. The molecule has 1 aliphatic heterocycles. The molecule has 3 rings (SSSR count). The van der Waals surface area contributed by atoms with E-state index in [1.807, 2.05) is 19.0 Å². The molecule has 0 N–H and O–H groups in total. The third kappa shape index (κ3) is 4.12. The zero-order valence-corrected chi connectivity index (χ0v) is 17.1. The summed E-state index contributed by atoms with van der Waals surface area (Å²) in [4.78, 5) is 1.94. The largest absolute Gasteiger partial charge is 0.497 e. The number of anilines is 1. The van der Waals surface area contributed by atoms with E-state index < -0.39 is 10.0 Å². The number of sulfonamides is 1. The summed E-state index contributed by atoms with van der Waals surface area (Å²) >= 11 is 0. The molecule has 0 saturated carbocycles. The fourth-order valence-electron chi connectivity index (χ4n) is 2.92. The van der Waals surface area contributed by atoms with Crippen LogP contribution in [0.15, 0.2) is 35.2 Å². The molecule has 0 bridgehead atoms. The van der Waals surface area contributed by atoms with Crippen molar-refractivity contribution in [1.82, 2.24) is 14.5 Å². The van der Waals surface area contributed by atoms with Gasteiger partial charge in [0.25, 0.3) is 0 Å². The van der Waals surface area contributed by atoms with Crippen molar-refractivity contribution in [3.8, 4) is 17.4 Å². The molecule has 0 spiro atoms. The first kappa shape index (κ1) is 20.2. The van der Waals surface area contributed by atoms with Gasteiger partial charge in [-0.25, -0.2) is 8.42 Å². The van der Waals surface area contributed by atoms with Crippen molar-refractivity contribution in [2.45, 2.75) is 17.4 Å². The van der Waals surface area contributed by atoms with Crippen LogP contribution in [-0.2, 0) is 10.0 Å². The van der Waals surface area contributed by atoms with E-state index in [0.717, 1.165) is 5.82 Å². The Morgan fingerprint density at radius 1 is 1.11 bits per heavy atom. The summed E-state index contributed by atoms with van der Waals surface area (Å²) in [6.45, 7) is 0.583. The van der Waals surface area contributed by atoms with Crippen LogP contribution in [0.2, 0.25) is 0 Å². The minimum Gasteiger partial charge on any atom is -0.497 e. The van der Waals surface area contributed by atoms with Crippen molar-refractivity contribution in [1.29, 1.82) is 0 Å². The maximum absolute atomic E-state index is 13.0. The Bertz CT molecular complexity index is 918. The summed E-state index contributed by atoms with van der Waals surface area (Å²) in [7, 11) is 2.97. The van der Waals surface area contributed by atoms with Gasteiger partial charge in [0.05, 0.1) is 20.8 Å². The Morgan fingerprint density at radius 3 is 2.50 bits per heavy atom. The van der Waals surface area contributed by atoms with Crippen molar-refractivity contribution in [2.24, 2.45) is 0 Å². The second kappa shape index (κ2) is 8.19. The highest BCUT2D eigenvalue weighted by molar-refractivity contribution is 7.89. The van der Waals surface area contributed by atoms with E-state index in [9.17, 15) is 8.42 Å². The molecule has 28 heavy (non-hydrogen) atoms. The standard InChI is InChI=1S/C18H24N4O5S/c1-21(2)17-7-8-18(20-19-17)27-14-9-10-22(12-14)28(23,24)16-6-5-13(25-3)11-15(16)26-4/h5-8,11,14H,9-10,12H2,1-4H3. The molecular formula is C18H24N4O5S. The average molecular weight is 408 g/mol. The van der Waals surface area contributed by atoms with Crippen LogP contribution in [0.3, 0.4) is 0 Å². The molecule has 0 radical (unpaired) electrons. The number of rotatable bonds is 7. The quantitative estimate of drug-likeness (QED) is 0.679. The van der Waals surface area contributed by atoms with Gasteiger partial charge in [0.1, 0.15) is 22.5 Å². The van der Waals surface area contributed by atoms with Crippen molar-refractivity contribution in [3.63, 3.8) is 0 Å². The lowest BCUT2D eigenvalue weighted by Crippen LogP contribution is -2.31. The second-order valence-electron chi connectivity index (χ2n) is 6.53. The van der Waals surface area contributed by atoms with Gasteiger partial charge < -0.3 is 19.1 Å². The lowest BCUT2D eigenvalue weighted by molar-refractivity contribution is 0.204. The van der Waals surface area contributed by atoms with Gasteiger partial charge in [0.2, 0.25) is 15.9 Å². The molecule has 10 heteroatoms. The van der Waals surface area contributed by atoms with E-state index in [1.54, 1.807) is 24.3 Å². The number of hydrogen-bond acceptors (Lipinski definition) is 8. The van der Waals surface area contributed by atoms with E-state index >= 15 is 0 Å². The number of nitrogens with zero attached hydrogens (tertiary/aromatic N) is 4. The Balaban J connectivity index is 1.72. The molecule has 152 valence electrons. The third-order valence-electron chi connectivity index (χ3n) is 4.47. The summed E-state index contributed by atoms with van der Waals surface area (Å²) in [6.07, 6.45) is 0.271. The van der Waals surface area contributed by atoms with E-state index in [2.05, 4.69) is 10.2 Å². The highest BCUT2D eigenvalue weighted by Crippen LogP contribution is 2.32. The maximum Gasteiger partial charge on any atom is 0.246 e. The van der Waals surface area contributed by atoms with Crippen LogP contribution in [0.4, 0.5) is 5.82 Å². The minimum absolute atomic E-state index is 0.103. The smallest absolute Gasteiger partial charge is 0.246 e. The first-order valence-electron chi connectivity index (χ1n) is 8.75. The normalized spacial score (nSPS) is 17.4. The van der Waals surface area contributed by atoms with Gasteiger partial charge in [-0.3, -0.25) is 0 Å². The first-order chi connectivity index (χ1) is 13.3. The molecule has 1 fully saturated rings. The average Bonchev–Trinajstić information content (AvgIpc) is 3.17. The topological polar surface area (TPSA) is 94.1 Å². The Kier molecular flexibility index (Phi) is 5.90. The molecule has 1 aromatic carbocycles. The SMILES string of the molecule is COc1ccc(S(=O)(=O)N2CCC(Oc3ccc(N(C)C)nn3)C2)c(OC)c1. The zero-order chi connectivity index (χ0) is 20.3. The molecule has 1 unspecified atom stereocenters. The van der Waals surface area contributed by atoms with Crippen molar-refractivity contribution >= 4 is 15.8 Å². The van der Waals surface area contributed by atoms with Gasteiger partial charge in [-0.15, -0.1) is 10.2 Å². The summed E-state index contributed by atoms with van der Waals surface area (Å²) in [5.74, 6) is 1.86. The third-order valence-corrected chi connectivity index (χ3v) is 6.37. The van der Waals surface area contributed by atoms with Crippen LogP contribution >= 0.6 is 0 Å². The van der Waals surface area contributed by atoms with Gasteiger partial charge in [0, 0.05) is 32.8 Å². The second-order valence-corrected chi connectivity index (χ2v) is 8.44. The van der Waals surface area contributed by atoms with E-state index in [0.29, 0.717) is 24.6 Å². The Morgan fingerprint density at radius 2 is 1.89 bits per heavy atom. The molecular weight excluding hydrogens is 384 g/mol. The minimum atomic E-state index is -3.72. The van der Waals surface area contributed by atoms with Crippen molar-refractivity contribution < 1.29 is 22.6 Å². The van der Waals surface area contributed by atoms with Crippen LogP contribution in [0.5, 0.6) is 17.4 Å². The molecule has 9 nitrogen and oxygen atoms in total. The molecule has 2 heterocycles.